The van der Waals surface area contributed by atoms with Crippen molar-refractivity contribution in [1.29, 1.82) is 0 Å². The van der Waals surface area contributed by atoms with Gasteiger partial charge < -0.3 is 14.8 Å². The van der Waals surface area contributed by atoms with Crippen LogP contribution in [0.1, 0.15) is 12.2 Å². The molecule has 2 heterocycles. The van der Waals surface area contributed by atoms with Crippen LogP contribution in [-0.2, 0) is 23.2 Å². The maximum atomic E-state index is 12.4. The third kappa shape index (κ3) is 3.41. The molecule has 0 spiro atoms. The molecule has 0 bridgehead atoms. The Morgan fingerprint density at radius 2 is 2.33 bits per heavy atom. The van der Waals surface area contributed by atoms with Crippen molar-refractivity contribution in [3.05, 3.63) is 39.3 Å². The van der Waals surface area contributed by atoms with Crippen molar-refractivity contribution in [1.82, 2.24) is 20.1 Å². The summed E-state index contributed by atoms with van der Waals surface area (Å²) in [6, 6.07) is 7.49. The first kappa shape index (κ1) is 16.8. The summed E-state index contributed by atoms with van der Waals surface area (Å²) in [4.78, 5) is 26.2. The zero-order valence-electron chi connectivity index (χ0n) is 13.0. The molecule has 1 atom stereocenters. The molecule has 2 N–H and O–H groups in total. The lowest BCUT2D eigenvalue weighted by Crippen LogP contribution is -2.33. The number of hydrogen-bond donors (Lipinski definition) is 2. The van der Waals surface area contributed by atoms with E-state index < -0.39 is 0 Å². The summed E-state index contributed by atoms with van der Waals surface area (Å²) in [5, 5.41) is 9.54. The lowest BCUT2D eigenvalue weighted by atomic mass is 10.1. The number of rotatable bonds is 4. The average Bonchev–Trinajstić information content (AvgIpc) is 3.09. The minimum atomic E-state index is -0.372. The van der Waals surface area contributed by atoms with Gasteiger partial charge in [-0.1, -0.05) is 22.0 Å². The van der Waals surface area contributed by atoms with Crippen molar-refractivity contribution in [3.8, 4) is 0 Å². The Bertz CT molecular complexity index is 846. The quantitative estimate of drug-likeness (QED) is 0.755. The molecule has 7 nitrogen and oxygen atoms in total. The molecule has 1 aliphatic heterocycles. The third-order valence-electron chi connectivity index (χ3n) is 4.01. The zero-order valence-corrected chi connectivity index (χ0v) is 15.4. The first-order chi connectivity index (χ1) is 11.5. The van der Waals surface area contributed by atoms with Crippen molar-refractivity contribution in [2.45, 2.75) is 13.0 Å². The van der Waals surface area contributed by atoms with E-state index in [1.54, 1.807) is 16.5 Å². The van der Waals surface area contributed by atoms with Crippen LogP contribution < -0.4 is 10.2 Å². The monoisotopic (exact) mass is 409 g/mol. The highest BCUT2D eigenvalue weighted by molar-refractivity contribution is 9.10. The van der Waals surface area contributed by atoms with Crippen molar-refractivity contribution >= 4 is 45.6 Å². The second kappa shape index (κ2) is 6.86. The van der Waals surface area contributed by atoms with Gasteiger partial charge in [-0.15, -0.1) is 0 Å². The standard InChI is InChI=1S/C15H16BrN5O2S/c1-20-12(18-19-15(20)24)7-17-14(23)9-5-13(22)21(8-9)11-4-2-3-10(16)6-11/h2-4,6,9H,5,7-8H2,1H3,(H,17,23)(H,19,24). The van der Waals surface area contributed by atoms with Gasteiger partial charge in [-0.3, -0.25) is 14.7 Å². The molecular weight excluding hydrogens is 394 g/mol. The Balaban J connectivity index is 1.64. The molecule has 1 aromatic heterocycles. The van der Waals surface area contributed by atoms with Crippen molar-refractivity contribution < 1.29 is 9.59 Å². The smallest absolute Gasteiger partial charge is 0.227 e. The van der Waals surface area contributed by atoms with Crippen LogP contribution in [0, 0.1) is 10.7 Å². The van der Waals surface area contributed by atoms with Crippen LogP contribution in [0.4, 0.5) is 5.69 Å². The number of carbonyl (C=O) groups excluding carboxylic acids is 2. The van der Waals surface area contributed by atoms with Crippen molar-refractivity contribution in [2.24, 2.45) is 13.0 Å². The molecule has 9 heteroatoms. The van der Waals surface area contributed by atoms with Gasteiger partial charge in [0.25, 0.3) is 0 Å². The molecule has 24 heavy (non-hydrogen) atoms. The van der Waals surface area contributed by atoms with E-state index >= 15 is 0 Å². The number of carbonyl (C=O) groups is 2. The van der Waals surface area contributed by atoms with Crippen LogP contribution >= 0.6 is 28.1 Å². The Morgan fingerprint density at radius 3 is 3.00 bits per heavy atom. The summed E-state index contributed by atoms with van der Waals surface area (Å²) in [7, 11) is 1.78. The normalized spacial score (nSPS) is 17.3. The fourth-order valence-electron chi connectivity index (χ4n) is 2.62. The lowest BCUT2D eigenvalue weighted by Gasteiger charge is -2.17. The molecule has 126 valence electrons. The molecule has 2 amide bonds. The van der Waals surface area contributed by atoms with Gasteiger partial charge in [-0.05, 0) is 30.4 Å². The minimum Gasteiger partial charge on any atom is -0.348 e. The molecular formula is C15H16BrN5O2S. The van der Waals surface area contributed by atoms with Gasteiger partial charge in [0.15, 0.2) is 10.6 Å². The van der Waals surface area contributed by atoms with Gasteiger partial charge in [-0.25, -0.2) is 0 Å². The van der Waals surface area contributed by atoms with E-state index in [9.17, 15) is 9.59 Å². The van der Waals surface area contributed by atoms with E-state index in [-0.39, 0.29) is 30.7 Å². The number of aromatic amines is 1. The van der Waals surface area contributed by atoms with E-state index in [2.05, 4.69) is 31.4 Å². The minimum absolute atomic E-state index is 0.0496. The summed E-state index contributed by atoms with van der Waals surface area (Å²) in [6.07, 6.45) is 0.206. The first-order valence-electron chi connectivity index (χ1n) is 7.39. The summed E-state index contributed by atoms with van der Waals surface area (Å²) < 4.78 is 3.09. The molecule has 0 aliphatic carbocycles. The van der Waals surface area contributed by atoms with Gasteiger partial charge in [0.2, 0.25) is 11.8 Å². The third-order valence-corrected chi connectivity index (χ3v) is 4.87. The highest BCUT2D eigenvalue weighted by Crippen LogP contribution is 2.27. The predicted octanol–water partition coefficient (Wildman–Crippen LogP) is 1.91. The van der Waals surface area contributed by atoms with Crippen LogP contribution in [-0.4, -0.2) is 33.1 Å². The summed E-state index contributed by atoms with van der Waals surface area (Å²) in [5.41, 5.74) is 0.791. The number of hydrogen-bond acceptors (Lipinski definition) is 4. The van der Waals surface area contributed by atoms with E-state index in [0.29, 0.717) is 17.1 Å². The van der Waals surface area contributed by atoms with Crippen molar-refractivity contribution in [2.75, 3.05) is 11.4 Å². The van der Waals surface area contributed by atoms with E-state index in [4.69, 9.17) is 12.2 Å². The largest absolute Gasteiger partial charge is 0.348 e. The zero-order chi connectivity index (χ0) is 17.3. The molecule has 2 aromatic rings. The predicted molar refractivity (Wildman–Crippen MR) is 94.8 cm³/mol. The van der Waals surface area contributed by atoms with Crippen LogP contribution in [0.5, 0.6) is 0 Å². The summed E-state index contributed by atoms with van der Waals surface area (Å²) in [6.45, 7) is 0.643. The second-order valence-corrected chi connectivity index (χ2v) is 6.91. The number of nitrogens with one attached hydrogen (secondary N) is 2. The van der Waals surface area contributed by atoms with Gasteiger partial charge in [0, 0.05) is 30.2 Å². The first-order valence-corrected chi connectivity index (χ1v) is 8.59. The molecule has 1 aromatic carbocycles. The van der Waals surface area contributed by atoms with E-state index in [0.717, 1.165) is 10.2 Å². The number of H-pyrrole nitrogens is 1. The molecule has 3 rings (SSSR count). The van der Waals surface area contributed by atoms with Gasteiger partial charge in [0.1, 0.15) is 0 Å². The summed E-state index contributed by atoms with van der Waals surface area (Å²) >= 11 is 8.43. The summed E-state index contributed by atoms with van der Waals surface area (Å²) in [5.74, 6) is 0.0615. The topological polar surface area (TPSA) is 83.0 Å². The lowest BCUT2D eigenvalue weighted by molar-refractivity contribution is -0.126. The fraction of sp³-hybridized carbons (Fsp3) is 0.333. The molecule has 0 saturated carbocycles. The van der Waals surface area contributed by atoms with Crippen LogP contribution in [0.15, 0.2) is 28.7 Å². The fourth-order valence-corrected chi connectivity index (χ4v) is 3.16. The SMILES string of the molecule is Cn1c(CNC(=O)C2CC(=O)N(c3cccc(Br)c3)C2)n[nH]c1=S. The molecule has 1 unspecified atom stereocenters. The van der Waals surface area contributed by atoms with Gasteiger partial charge in [-0.2, -0.15) is 5.10 Å². The van der Waals surface area contributed by atoms with Crippen molar-refractivity contribution in [3.63, 3.8) is 0 Å². The van der Waals surface area contributed by atoms with Crippen LogP contribution in [0.3, 0.4) is 0 Å². The highest BCUT2D eigenvalue weighted by Gasteiger charge is 2.35. The highest BCUT2D eigenvalue weighted by atomic mass is 79.9. The number of aromatic nitrogens is 3. The Labute approximate surface area is 152 Å². The number of nitrogens with zero attached hydrogens (tertiary/aromatic N) is 3. The molecule has 1 aliphatic rings. The Kier molecular flexibility index (Phi) is 4.81. The number of halogens is 1. The maximum Gasteiger partial charge on any atom is 0.227 e. The van der Waals surface area contributed by atoms with Gasteiger partial charge >= 0.3 is 0 Å². The molecule has 1 saturated heterocycles. The number of anilines is 1. The maximum absolute atomic E-state index is 12.4. The van der Waals surface area contributed by atoms with E-state index in [1.807, 2.05) is 24.3 Å². The molecule has 1 fully saturated rings. The second-order valence-electron chi connectivity index (χ2n) is 5.61. The van der Waals surface area contributed by atoms with Crippen LogP contribution in [0.2, 0.25) is 0 Å². The van der Waals surface area contributed by atoms with Crippen LogP contribution in [0.25, 0.3) is 0 Å². The number of amides is 2. The Hall–Kier alpha value is -2.00. The average molecular weight is 410 g/mol. The van der Waals surface area contributed by atoms with E-state index in [1.165, 1.54) is 0 Å². The van der Waals surface area contributed by atoms with Gasteiger partial charge in [0.05, 0.1) is 12.5 Å². The Morgan fingerprint density at radius 1 is 1.54 bits per heavy atom. The number of benzene rings is 1. The molecule has 0 radical (unpaired) electrons.